The first kappa shape index (κ1) is 14.5. The highest BCUT2D eigenvalue weighted by molar-refractivity contribution is 5.89. The average molecular weight is 280 g/mol. The monoisotopic (exact) mass is 280 g/mol. The second-order valence-corrected chi connectivity index (χ2v) is 5.05. The number of likely N-dealkylation sites (tertiary alicyclic amines) is 1. The molecule has 2 atom stereocenters. The maximum atomic E-state index is 12.1. The van der Waals surface area contributed by atoms with Gasteiger partial charge in [0.25, 0.3) is 0 Å². The van der Waals surface area contributed by atoms with Gasteiger partial charge in [0.2, 0.25) is 11.8 Å². The van der Waals surface area contributed by atoms with Crippen LogP contribution in [0.25, 0.3) is 0 Å². The average Bonchev–Trinajstić information content (AvgIpc) is 2.89. The van der Waals surface area contributed by atoms with E-state index in [0.29, 0.717) is 13.2 Å². The van der Waals surface area contributed by atoms with Crippen molar-refractivity contribution < 1.29 is 14.3 Å². The van der Waals surface area contributed by atoms with Crippen molar-refractivity contribution in [3.63, 3.8) is 0 Å². The second-order valence-electron chi connectivity index (χ2n) is 5.05. The largest absolute Gasteiger partial charge is 0.383 e. The van der Waals surface area contributed by atoms with Gasteiger partial charge in [-0.2, -0.15) is 5.10 Å². The lowest BCUT2D eigenvalue weighted by atomic mass is 9.93. The third-order valence-electron chi connectivity index (χ3n) is 3.93. The number of methoxy groups -OCH3 is 1. The molecule has 0 radical (unpaired) electrons. The SMILES string of the molecule is COCCN1C(=O)C[C@@H](C(N)=O)[C@H]1c1cnn(C)c1C. The molecule has 1 aliphatic rings. The Morgan fingerprint density at radius 2 is 2.30 bits per heavy atom. The van der Waals surface area contributed by atoms with Crippen LogP contribution in [0.5, 0.6) is 0 Å². The Hall–Kier alpha value is -1.89. The van der Waals surface area contributed by atoms with Crippen LogP contribution in [0.15, 0.2) is 6.20 Å². The number of nitrogens with two attached hydrogens (primary N) is 1. The Labute approximate surface area is 117 Å². The first-order valence-corrected chi connectivity index (χ1v) is 6.53. The maximum Gasteiger partial charge on any atom is 0.224 e. The number of carbonyl (C=O) groups excluding carboxylic acids is 2. The third-order valence-corrected chi connectivity index (χ3v) is 3.93. The summed E-state index contributed by atoms with van der Waals surface area (Å²) < 4.78 is 6.76. The van der Waals surface area contributed by atoms with Gasteiger partial charge in [0.15, 0.2) is 0 Å². The van der Waals surface area contributed by atoms with E-state index in [1.54, 1.807) is 22.9 Å². The zero-order chi connectivity index (χ0) is 14.9. The number of amides is 2. The van der Waals surface area contributed by atoms with Gasteiger partial charge in [-0.05, 0) is 6.92 Å². The minimum absolute atomic E-state index is 0.0703. The van der Waals surface area contributed by atoms with Gasteiger partial charge in [-0.1, -0.05) is 0 Å². The fraction of sp³-hybridized carbons (Fsp3) is 0.615. The molecule has 0 aliphatic carbocycles. The number of hydrogen-bond acceptors (Lipinski definition) is 4. The molecular weight excluding hydrogens is 260 g/mol. The lowest BCUT2D eigenvalue weighted by Crippen LogP contribution is -2.35. The zero-order valence-electron chi connectivity index (χ0n) is 12.0. The van der Waals surface area contributed by atoms with Gasteiger partial charge in [-0.15, -0.1) is 0 Å². The fourth-order valence-electron chi connectivity index (χ4n) is 2.69. The first-order chi connectivity index (χ1) is 9.47. The summed E-state index contributed by atoms with van der Waals surface area (Å²) in [5.74, 6) is -1.03. The van der Waals surface area contributed by atoms with Crippen LogP contribution in [0.1, 0.15) is 23.7 Å². The smallest absolute Gasteiger partial charge is 0.224 e. The molecule has 0 unspecified atom stereocenters. The lowest BCUT2D eigenvalue weighted by molar-refractivity contribution is -0.129. The molecule has 0 bridgehead atoms. The molecule has 2 heterocycles. The van der Waals surface area contributed by atoms with Crippen LogP contribution in [0.3, 0.4) is 0 Å². The summed E-state index contributed by atoms with van der Waals surface area (Å²) in [6, 6.07) is -0.344. The summed E-state index contributed by atoms with van der Waals surface area (Å²) >= 11 is 0. The van der Waals surface area contributed by atoms with Gasteiger partial charge in [0.1, 0.15) is 0 Å². The topological polar surface area (TPSA) is 90.4 Å². The van der Waals surface area contributed by atoms with Crippen molar-refractivity contribution in [3.8, 4) is 0 Å². The Morgan fingerprint density at radius 1 is 1.60 bits per heavy atom. The molecular formula is C13H20N4O3. The van der Waals surface area contributed by atoms with Crippen molar-refractivity contribution in [2.24, 2.45) is 18.7 Å². The fourth-order valence-corrected chi connectivity index (χ4v) is 2.69. The van der Waals surface area contributed by atoms with Crippen molar-refractivity contribution in [2.45, 2.75) is 19.4 Å². The van der Waals surface area contributed by atoms with Crippen molar-refractivity contribution >= 4 is 11.8 Å². The number of aryl methyl sites for hydroxylation is 1. The predicted octanol–water partition coefficient (Wildman–Crippen LogP) is -0.250. The number of ether oxygens (including phenoxy) is 1. The van der Waals surface area contributed by atoms with Crippen LogP contribution in [0.4, 0.5) is 0 Å². The van der Waals surface area contributed by atoms with E-state index in [4.69, 9.17) is 10.5 Å². The molecule has 0 aromatic carbocycles. The molecule has 1 aliphatic heterocycles. The number of primary amides is 1. The number of rotatable bonds is 5. The summed E-state index contributed by atoms with van der Waals surface area (Å²) in [7, 11) is 3.41. The predicted molar refractivity (Wildman–Crippen MR) is 71.6 cm³/mol. The van der Waals surface area contributed by atoms with E-state index in [9.17, 15) is 9.59 Å². The molecule has 20 heavy (non-hydrogen) atoms. The molecule has 2 amide bonds. The molecule has 1 aromatic heterocycles. The Morgan fingerprint density at radius 3 is 2.80 bits per heavy atom. The number of nitrogens with zero attached hydrogens (tertiary/aromatic N) is 3. The van der Waals surface area contributed by atoms with Crippen LogP contribution in [0, 0.1) is 12.8 Å². The number of hydrogen-bond donors (Lipinski definition) is 1. The standard InChI is InChI=1S/C13H20N4O3/c1-8-10(7-15-16(8)2)12-9(13(14)19)6-11(18)17(12)4-5-20-3/h7,9,12H,4-6H2,1-3H3,(H2,14,19)/t9-,12+/m1/s1. The minimum atomic E-state index is -0.512. The summed E-state index contributed by atoms with van der Waals surface area (Å²) in [6.07, 6.45) is 1.85. The molecule has 1 saturated heterocycles. The van der Waals surface area contributed by atoms with Gasteiger partial charge in [0, 0.05) is 38.4 Å². The Balaban J connectivity index is 2.38. The maximum absolute atomic E-state index is 12.1. The van der Waals surface area contributed by atoms with E-state index in [-0.39, 0.29) is 18.4 Å². The molecule has 1 fully saturated rings. The van der Waals surface area contributed by atoms with Gasteiger partial charge >= 0.3 is 0 Å². The highest BCUT2D eigenvalue weighted by Gasteiger charge is 2.44. The first-order valence-electron chi connectivity index (χ1n) is 6.53. The molecule has 2 rings (SSSR count). The lowest BCUT2D eigenvalue weighted by Gasteiger charge is -2.27. The molecule has 110 valence electrons. The van der Waals surface area contributed by atoms with Crippen molar-refractivity contribution in [3.05, 3.63) is 17.5 Å². The summed E-state index contributed by atoms with van der Waals surface area (Å²) in [5.41, 5.74) is 7.26. The van der Waals surface area contributed by atoms with Crippen molar-refractivity contribution in [2.75, 3.05) is 20.3 Å². The number of carbonyl (C=O) groups is 2. The van der Waals surface area contributed by atoms with Crippen molar-refractivity contribution in [1.82, 2.24) is 14.7 Å². The second kappa shape index (κ2) is 5.62. The molecule has 0 saturated carbocycles. The summed E-state index contributed by atoms with van der Waals surface area (Å²) in [6.45, 7) is 2.78. The quantitative estimate of drug-likeness (QED) is 0.805. The van der Waals surface area contributed by atoms with E-state index in [2.05, 4.69) is 5.10 Å². The normalized spacial score (nSPS) is 22.6. The Bertz CT molecular complexity index is 526. The molecule has 1 aromatic rings. The van der Waals surface area contributed by atoms with Gasteiger partial charge in [0.05, 0.1) is 24.8 Å². The van der Waals surface area contributed by atoms with E-state index in [1.165, 1.54) is 0 Å². The Kier molecular flexibility index (Phi) is 4.08. The molecule has 7 heteroatoms. The molecule has 7 nitrogen and oxygen atoms in total. The van der Waals surface area contributed by atoms with Gasteiger partial charge in [-0.25, -0.2) is 0 Å². The molecule has 0 spiro atoms. The van der Waals surface area contributed by atoms with E-state index in [0.717, 1.165) is 11.3 Å². The summed E-state index contributed by atoms with van der Waals surface area (Å²) in [5, 5.41) is 4.19. The highest BCUT2D eigenvalue weighted by Crippen LogP contribution is 2.38. The number of aromatic nitrogens is 2. The van der Waals surface area contributed by atoms with Crippen LogP contribution < -0.4 is 5.73 Å². The molecule has 2 N–H and O–H groups in total. The van der Waals surface area contributed by atoms with Crippen molar-refractivity contribution in [1.29, 1.82) is 0 Å². The van der Waals surface area contributed by atoms with Crippen LogP contribution in [-0.2, 0) is 21.4 Å². The summed E-state index contributed by atoms with van der Waals surface area (Å²) in [4.78, 5) is 25.5. The van der Waals surface area contributed by atoms with E-state index in [1.807, 2.05) is 14.0 Å². The van der Waals surface area contributed by atoms with Gasteiger partial charge < -0.3 is 15.4 Å². The van der Waals surface area contributed by atoms with Crippen LogP contribution in [0.2, 0.25) is 0 Å². The highest BCUT2D eigenvalue weighted by atomic mass is 16.5. The van der Waals surface area contributed by atoms with Gasteiger partial charge in [-0.3, -0.25) is 14.3 Å². The van der Waals surface area contributed by atoms with E-state index < -0.39 is 11.8 Å². The van der Waals surface area contributed by atoms with Crippen LogP contribution >= 0.6 is 0 Å². The van der Waals surface area contributed by atoms with Crippen LogP contribution in [-0.4, -0.2) is 46.8 Å². The minimum Gasteiger partial charge on any atom is -0.383 e. The third kappa shape index (κ3) is 2.40. The zero-order valence-corrected chi connectivity index (χ0v) is 12.0. The van der Waals surface area contributed by atoms with E-state index >= 15 is 0 Å².